The van der Waals surface area contributed by atoms with Gasteiger partial charge in [-0.15, -0.1) is 0 Å². The number of nitrogens with zero attached hydrogens (tertiary/aromatic N) is 2. The SMILES string of the molecule is CCCC1CCN(C[Si](CN2CCC(CCC)CC2)(OC)OC)CC1. The third-order valence-electron chi connectivity index (χ3n) is 6.48. The Morgan fingerprint density at radius 1 is 0.720 bits per heavy atom. The van der Waals surface area contributed by atoms with Gasteiger partial charge in [-0.1, -0.05) is 39.5 Å². The summed E-state index contributed by atoms with van der Waals surface area (Å²) in [5.41, 5.74) is 0. The molecule has 0 spiro atoms. The van der Waals surface area contributed by atoms with Crippen molar-refractivity contribution >= 4 is 8.56 Å². The van der Waals surface area contributed by atoms with Crippen molar-refractivity contribution < 1.29 is 8.85 Å². The lowest BCUT2D eigenvalue weighted by atomic mass is 9.93. The Morgan fingerprint density at radius 2 is 1.08 bits per heavy atom. The molecule has 0 unspecified atom stereocenters. The number of piperidine rings is 2. The molecule has 2 heterocycles. The molecule has 5 heteroatoms. The summed E-state index contributed by atoms with van der Waals surface area (Å²) >= 11 is 0. The fraction of sp³-hybridized carbons (Fsp3) is 1.00. The molecular formula is C20H42N2O2Si. The first-order valence-corrected chi connectivity index (χ1v) is 12.9. The van der Waals surface area contributed by atoms with Gasteiger partial charge in [0.15, 0.2) is 0 Å². The van der Waals surface area contributed by atoms with Crippen molar-refractivity contribution in [2.24, 2.45) is 11.8 Å². The topological polar surface area (TPSA) is 24.9 Å². The lowest BCUT2D eigenvalue weighted by molar-refractivity contribution is 0.135. The van der Waals surface area contributed by atoms with Crippen LogP contribution < -0.4 is 0 Å². The molecule has 0 aromatic heterocycles. The largest absolute Gasteiger partial charge is 0.396 e. The zero-order chi connectivity index (χ0) is 18.1. The molecule has 2 fully saturated rings. The van der Waals surface area contributed by atoms with E-state index in [1.165, 1.54) is 77.5 Å². The Bertz CT molecular complexity index is 320. The van der Waals surface area contributed by atoms with E-state index in [0.29, 0.717) is 0 Å². The lowest BCUT2D eigenvalue weighted by Crippen LogP contribution is -2.60. The molecule has 0 bridgehead atoms. The summed E-state index contributed by atoms with van der Waals surface area (Å²) < 4.78 is 12.1. The summed E-state index contributed by atoms with van der Waals surface area (Å²) in [5.74, 6) is 1.89. The van der Waals surface area contributed by atoms with E-state index >= 15 is 0 Å². The molecule has 0 aliphatic carbocycles. The van der Waals surface area contributed by atoms with Crippen LogP contribution in [0.3, 0.4) is 0 Å². The predicted molar refractivity (Wildman–Crippen MR) is 108 cm³/mol. The van der Waals surface area contributed by atoms with Gasteiger partial charge in [-0.2, -0.15) is 0 Å². The number of likely N-dealkylation sites (tertiary alicyclic amines) is 2. The van der Waals surface area contributed by atoms with E-state index in [2.05, 4.69) is 23.6 Å². The highest BCUT2D eigenvalue weighted by atomic mass is 28.4. The summed E-state index contributed by atoms with van der Waals surface area (Å²) in [4.78, 5) is 5.24. The highest BCUT2D eigenvalue weighted by Crippen LogP contribution is 2.25. The van der Waals surface area contributed by atoms with Gasteiger partial charge >= 0.3 is 8.56 Å². The first kappa shape index (κ1) is 21.4. The Hall–Kier alpha value is 0.0569. The summed E-state index contributed by atoms with van der Waals surface area (Å²) in [6.45, 7) is 9.53. The Balaban J connectivity index is 1.82. The quantitative estimate of drug-likeness (QED) is 0.546. The maximum Gasteiger partial charge on any atom is 0.366 e. The molecule has 2 aliphatic rings. The molecule has 148 valence electrons. The molecule has 0 N–H and O–H groups in total. The molecule has 2 rings (SSSR count). The highest BCUT2D eigenvalue weighted by molar-refractivity contribution is 6.67. The second kappa shape index (κ2) is 11.0. The lowest BCUT2D eigenvalue weighted by Gasteiger charge is -2.41. The first-order valence-electron chi connectivity index (χ1n) is 10.7. The Kier molecular flexibility index (Phi) is 9.42. The van der Waals surface area contributed by atoms with Crippen LogP contribution in [-0.4, -0.2) is 71.1 Å². The van der Waals surface area contributed by atoms with E-state index in [1.807, 2.05) is 14.2 Å². The minimum Gasteiger partial charge on any atom is -0.396 e. The zero-order valence-electron chi connectivity index (χ0n) is 17.3. The van der Waals surface area contributed by atoms with E-state index in [0.717, 1.165) is 24.2 Å². The number of hydrogen-bond acceptors (Lipinski definition) is 4. The van der Waals surface area contributed by atoms with Gasteiger partial charge in [-0.3, -0.25) is 0 Å². The maximum absolute atomic E-state index is 6.07. The standard InChI is InChI=1S/C20H42N2O2Si/c1-5-7-19-9-13-21(14-10-19)17-25(23-3,24-4)18-22-15-11-20(8-6-2)12-16-22/h19-20H,5-18H2,1-4H3. The number of hydrogen-bond donors (Lipinski definition) is 0. The van der Waals surface area contributed by atoms with Crippen LogP contribution in [0.5, 0.6) is 0 Å². The molecule has 0 saturated carbocycles. The van der Waals surface area contributed by atoms with Gasteiger partial charge < -0.3 is 18.7 Å². The van der Waals surface area contributed by atoms with Gasteiger partial charge in [0, 0.05) is 26.6 Å². The number of rotatable bonds is 10. The minimum atomic E-state index is -2.15. The molecule has 0 aromatic carbocycles. The second-order valence-corrected chi connectivity index (χ2v) is 11.6. The molecular weight excluding hydrogens is 328 g/mol. The smallest absolute Gasteiger partial charge is 0.366 e. The van der Waals surface area contributed by atoms with E-state index in [4.69, 9.17) is 8.85 Å². The van der Waals surface area contributed by atoms with Crippen LogP contribution in [0.2, 0.25) is 0 Å². The molecule has 0 amide bonds. The van der Waals surface area contributed by atoms with Crippen molar-refractivity contribution in [1.82, 2.24) is 9.80 Å². The van der Waals surface area contributed by atoms with Crippen LogP contribution in [0.25, 0.3) is 0 Å². The normalized spacial score (nSPS) is 22.6. The molecule has 0 radical (unpaired) electrons. The first-order chi connectivity index (χ1) is 12.1. The van der Waals surface area contributed by atoms with Crippen LogP contribution in [0, 0.1) is 11.8 Å². The van der Waals surface area contributed by atoms with E-state index in [1.54, 1.807) is 0 Å². The summed E-state index contributed by atoms with van der Waals surface area (Å²) in [6.07, 6.45) is 12.9. The van der Waals surface area contributed by atoms with Gasteiger partial charge in [-0.05, 0) is 63.7 Å². The van der Waals surface area contributed by atoms with Crippen LogP contribution in [0.1, 0.15) is 65.2 Å². The minimum absolute atomic E-state index is 0.944. The fourth-order valence-corrected chi connectivity index (χ4v) is 7.53. The maximum atomic E-state index is 6.07. The van der Waals surface area contributed by atoms with Crippen LogP contribution >= 0.6 is 0 Å². The fourth-order valence-electron chi connectivity index (χ4n) is 4.76. The summed E-state index contributed by atoms with van der Waals surface area (Å²) in [6, 6.07) is 0. The van der Waals surface area contributed by atoms with E-state index in [-0.39, 0.29) is 0 Å². The molecule has 4 nitrogen and oxygen atoms in total. The van der Waals surface area contributed by atoms with Gasteiger partial charge in [0.25, 0.3) is 0 Å². The van der Waals surface area contributed by atoms with Gasteiger partial charge in [0.2, 0.25) is 0 Å². The molecule has 25 heavy (non-hydrogen) atoms. The van der Waals surface area contributed by atoms with Crippen molar-refractivity contribution in [2.75, 3.05) is 52.7 Å². The van der Waals surface area contributed by atoms with E-state index < -0.39 is 8.56 Å². The average Bonchev–Trinajstić information content (AvgIpc) is 2.65. The zero-order valence-corrected chi connectivity index (χ0v) is 18.3. The van der Waals surface area contributed by atoms with Gasteiger partial charge in [-0.25, -0.2) is 0 Å². The average molecular weight is 371 g/mol. The Morgan fingerprint density at radius 3 is 1.36 bits per heavy atom. The molecule has 0 aromatic rings. The second-order valence-electron chi connectivity index (χ2n) is 8.34. The highest BCUT2D eigenvalue weighted by Gasteiger charge is 2.41. The Labute approximate surface area is 157 Å². The van der Waals surface area contributed by atoms with Crippen LogP contribution in [0.15, 0.2) is 0 Å². The monoisotopic (exact) mass is 370 g/mol. The van der Waals surface area contributed by atoms with Crippen LogP contribution in [0.4, 0.5) is 0 Å². The van der Waals surface area contributed by atoms with Crippen molar-refractivity contribution in [3.8, 4) is 0 Å². The van der Waals surface area contributed by atoms with Crippen molar-refractivity contribution in [2.45, 2.75) is 65.2 Å². The molecule has 2 aliphatic heterocycles. The molecule has 0 atom stereocenters. The third-order valence-corrected chi connectivity index (χ3v) is 9.83. The van der Waals surface area contributed by atoms with Gasteiger partial charge in [0.1, 0.15) is 0 Å². The summed E-state index contributed by atoms with van der Waals surface area (Å²) in [7, 11) is 1.61. The summed E-state index contributed by atoms with van der Waals surface area (Å²) in [5, 5.41) is 0. The van der Waals surface area contributed by atoms with Crippen LogP contribution in [-0.2, 0) is 8.85 Å². The van der Waals surface area contributed by atoms with Crippen molar-refractivity contribution in [1.29, 1.82) is 0 Å². The van der Waals surface area contributed by atoms with Crippen molar-refractivity contribution in [3.63, 3.8) is 0 Å². The van der Waals surface area contributed by atoms with Gasteiger partial charge in [0.05, 0.1) is 0 Å². The van der Waals surface area contributed by atoms with E-state index in [9.17, 15) is 0 Å². The molecule has 2 saturated heterocycles. The third kappa shape index (κ3) is 6.62. The van der Waals surface area contributed by atoms with Crippen molar-refractivity contribution in [3.05, 3.63) is 0 Å². The predicted octanol–water partition coefficient (Wildman–Crippen LogP) is 3.82.